The summed E-state index contributed by atoms with van der Waals surface area (Å²) < 4.78 is 10.8. The molecule has 0 unspecified atom stereocenters. The third-order valence-electron chi connectivity index (χ3n) is 3.00. The van der Waals surface area contributed by atoms with E-state index in [1.807, 2.05) is 13.8 Å². The molecule has 0 aliphatic carbocycles. The van der Waals surface area contributed by atoms with Gasteiger partial charge in [0.25, 0.3) is 5.69 Å². The molecule has 0 radical (unpaired) electrons. The van der Waals surface area contributed by atoms with Gasteiger partial charge >= 0.3 is 0 Å². The van der Waals surface area contributed by atoms with E-state index in [0.717, 1.165) is 6.42 Å². The van der Waals surface area contributed by atoms with E-state index in [9.17, 15) is 10.1 Å². The molecule has 0 aromatic heterocycles. The maximum absolute atomic E-state index is 10.7. The number of nitrogens with two attached hydrogens (primary N) is 1. The van der Waals surface area contributed by atoms with Gasteiger partial charge in [0.15, 0.2) is 0 Å². The maximum atomic E-state index is 10.7. The summed E-state index contributed by atoms with van der Waals surface area (Å²) in [4.78, 5) is 10.2. The molecular formula is C13H20N2O4. The number of hydrogen-bond acceptors (Lipinski definition) is 5. The van der Waals surface area contributed by atoms with Crippen LogP contribution in [0.4, 0.5) is 11.4 Å². The topological polar surface area (TPSA) is 87.6 Å². The summed E-state index contributed by atoms with van der Waals surface area (Å²) in [6.45, 7) is 4.70. The third kappa shape index (κ3) is 4.84. The Labute approximate surface area is 112 Å². The van der Waals surface area contributed by atoms with Gasteiger partial charge in [-0.1, -0.05) is 0 Å². The van der Waals surface area contributed by atoms with Crippen LogP contribution in [0.3, 0.4) is 0 Å². The molecular weight excluding hydrogens is 248 g/mol. The van der Waals surface area contributed by atoms with Gasteiger partial charge in [-0.25, -0.2) is 0 Å². The molecule has 0 atom stereocenters. The predicted octanol–water partition coefficient (Wildman–Crippen LogP) is 2.51. The van der Waals surface area contributed by atoms with Crippen LogP contribution in [-0.2, 0) is 16.1 Å². The first kappa shape index (κ1) is 15.4. The summed E-state index contributed by atoms with van der Waals surface area (Å²) in [6.07, 6.45) is 0.734. The summed E-state index contributed by atoms with van der Waals surface area (Å²) >= 11 is 0. The Morgan fingerprint density at radius 3 is 2.68 bits per heavy atom. The highest BCUT2D eigenvalue weighted by molar-refractivity contribution is 5.52. The summed E-state index contributed by atoms with van der Waals surface area (Å²) in [6, 6.07) is 4.35. The number of nitro groups is 1. The minimum Gasteiger partial charge on any atom is -0.398 e. The fourth-order valence-electron chi connectivity index (χ4n) is 1.43. The van der Waals surface area contributed by atoms with Crippen molar-refractivity contribution in [2.75, 3.05) is 19.5 Å². The number of methoxy groups -OCH3 is 1. The van der Waals surface area contributed by atoms with Crippen LogP contribution in [0.25, 0.3) is 0 Å². The van der Waals surface area contributed by atoms with Gasteiger partial charge in [0.1, 0.15) is 0 Å². The minimum absolute atomic E-state index is 0.0185. The molecule has 6 nitrogen and oxygen atoms in total. The number of nitrogens with zero attached hydrogens (tertiary/aromatic N) is 1. The second-order valence-electron chi connectivity index (χ2n) is 4.91. The molecule has 1 aromatic carbocycles. The Bertz CT molecular complexity index is 446. The van der Waals surface area contributed by atoms with Crippen LogP contribution < -0.4 is 5.73 Å². The van der Waals surface area contributed by atoms with Crippen molar-refractivity contribution in [1.29, 1.82) is 0 Å². The molecule has 0 saturated carbocycles. The average molecular weight is 268 g/mol. The van der Waals surface area contributed by atoms with Crippen LogP contribution in [0.2, 0.25) is 0 Å². The molecule has 1 rings (SSSR count). The van der Waals surface area contributed by atoms with Crippen LogP contribution in [0.5, 0.6) is 0 Å². The SMILES string of the molecule is COC(C)(C)CCOCc1cc([N+](=O)[O-])ccc1N. The zero-order valence-corrected chi connectivity index (χ0v) is 11.5. The molecule has 0 aliphatic rings. The van der Waals surface area contributed by atoms with E-state index in [1.165, 1.54) is 18.2 Å². The van der Waals surface area contributed by atoms with Crippen molar-refractivity contribution < 1.29 is 14.4 Å². The maximum Gasteiger partial charge on any atom is 0.269 e. The number of hydrogen-bond donors (Lipinski definition) is 1. The quantitative estimate of drug-likeness (QED) is 0.355. The Balaban J connectivity index is 2.53. The summed E-state index contributed by atoms with van der Waals surface area (Å²) in [5.74, 6) is 0. The van der Waals surface area contributed by atoms with Crippen molar-refractivity contribution in [2.24, 2.45) is 0 Å². The average Bonchev–Trinajstić information content (AvgIpc) is 2.36. The van der Waals surface area contributed by atoms with Crippen LogP contribution in [0, 0.1) is 10.1 Å². The molecule has 0 spiro atoms. The number of rotatable bonds is 7. The molecule has 6 heteroatoms. The molecule has 0 heterocycles. The van der Waals surface area contributed by atoms with Gasteiger partial charge in [-0.05, 0) is 26.3 Å². The lowest BCUT2D eigenvalue weighted by molar-refractivity contribution is -0.384. The first-order valence-electron chi connectivity index (χ1n) is 6.01. The van der Waals surface area contributed by atoms with Crippen molar-refractivity contribution in [1.82, 2.24) is 0 Å². The van der Waals surface area contributed by atoms with Crippen molar-refractivity contribution in [3.05, 3.63) is 33.9 Å². The predicted molar refractivity (Wildman–Crippen MR) is 72.9 cm³/mol. The fourth-order valence-corrected chi connectivity index (χ4v) is 1.43. The molecule has 0 saturated heterocycles. The normalized spacial score (nSPS) is 11.5. The van der Waals surface area contributed by atoms with E-state index in [2.05, 4.69) is 0 Å². The second kappa shape index (κ2) is 6.49. The number of benzene rings is 1. The van der Waals surface area contributed by atoms with Gasteiger partial charge in [0.2, 0.25) is 0 Å². The van der Waals surface area contributed by atoms with E-state index in [-0.39, 0.29) is 17.9 Å². The van der Waals surface area contributed by atoms with E-state index in [4.69, 9.17) is 15.2 Å². The van der Waals surface area contributed by atoms with Crippen molar-refractivity contribution in [3.63, 3.8) is 0 Å². The zero-order chi connectivity index (χ0) is 14.5. The lowest BCUT2D eigenvalue weighted by atomic mass is 10.1. The summed E-state index contributed by atoms with van der Waals surface area (Å²) in [5.41, 5.74) is 6.66. The molecule has 0 bridgehead atoms. The van der Waals surface area contributed by atoms with E-state index < -0.39 is 4.92 Å². The Morgan fingerprint density at radius 2 is 2.11 bits per heavy atom. The van der Waals surface area contributed by atoms with E-state index in [1.54, 1.807) is 7.11 Å². The molecule has 0 fully saturated rings. The van der Waals surface area contributed by atoms with Crippen LogP contribution in [-0.4, -0.2) is 24.2 Å². The van der Waals surface area contributed by atoms with Crippen LogP contribution in [0.15, 0.2) is 18.2 Å². The lowest BCUT2D eigenvalue weighted by Gasteiger charge is -2.22. The molecule has 2 N–H and O–H groups in total. The molecule has 0 aliphatic heterocycles. The Kier molecular flexibility index (Phi) is 5.26. The van der Waals surface area contributed by atoms with Crippen LogP contribution >= 0.6 is 0 Å². The molecule has 19 heavy (non-hydrogen) atoms. The van der Waals surface area contributed by atoms with Gasteiger partial charge in [0, 0.05) is 37.1 Å². The van der Waals surface area contributed by atoms with Crippen LogP contribution in [0.1, 0.15) is 25.8 Å². The highest BCUT2D eigenvalue weighted by Crippen LogP contribution is 2.21. The molecule has 0 amide bonds. The first-order chi connectivity index (χ1) is 8.85. The highest BCUT2D eigenvalue weighted by Gasteiger charge is 2.16. The molecule has 106 valence electrons. The Hall–Kier alpha value is -1.66. The van der Waals surface area contributed by atoms with Gasteiger partial charge < -0.3 is 15.2 Å². The van der Waals surface area contributed by atoms with Crippen molar-refractivity contribution >= 4 is 11.4 Å². The van der Waals surface area contributed by atoms with E-state index >= 15 is 0 Å². The number of anilines is 1. The fraction of sp³-hybridized carbons (Fsp3) is 0.538. The number of non-ortho nitro benzene ring substituents is 1. The van der Waals surface area contributed by atoms with Gasteiger partial charge in [-0.3, -0.25) is 10.1 Å². The van der Waals surface area contributed by atoms with Gasteiger partial charge in [-0.2, -0.15) is 0 Å². The van der Waals surface area contributed by atoms with Gasteiger partial charge in [0.05, 0.1) is 17.1 Å². The largest absolute Gasteiger partial charge is 0.398 e. The minimum atomic E-state index is -0.447. The number of nitrogen functional groups attached to an aromatic ring is 1. The van der Waals surface area contributed by atoms with Crippen molar-refractivity contribution in [2.45, 2.75) is 32.5 Å². The van der Waals surface area contributed by atoms with E-state index in [0.29, 0.717) is 17.9 Å². The summed E-state index contributed by atoms with van der Waals surface area (Å²) in [7, 11) is 1.65. The second-order valence-corrected chi connectivity index (χ2v) is 4.91. The van der Waals surface area contributed by atoms with Gasteiger partial charge in [-0.15, -0.1) is 0 Å². The molecule has 1 aromatic rings. The number of ether oxygens (including phenoxy) is 2. The first-order valence-corrected chi connectivity index (χ1v) is 6.01. The highest BCUT2D eigenvalue weighted by atomic mass is 16.6. The third-order valence-corrected chi connectivity index (χ3v) is 3.00. The zero-order valence-electron chi connectivity index (χ0n) is 11.5. The summed E-state index contributed by atoms with van der Waals surface area (Å²) in [5, 5.41) is 10.7. The number of nitro benzene ring substituents is 1. The smallest absolute Gasteiger partial charge is 0.269 e. The monoisotopic (exact) mass is 268 g/mol. The Morgan fingerprint density at radius 1 is 1.42 bits per heavy atom. The van der Waals surface area contributed by atoms with Crippen molar-refractivity contribution in [3.8, 4) is 0 Å². The standard InChI is InChI=1S/C13H20N2O4/c1-13(2,18-3)6-7-19-9-10-8-11(15(16)17)4-5-12(10)14/h4-5,8H,6-7,9,14H2,1-3H3. The lowest BCUT2D eigenvalue weighted by Crippen LogP contribution is -2.24.